The maximum atomic E-state index is 9.33. The predicted octanol–water partition coefficient (Wildman–Crippen LogP) is 1.80. The zero-order chi connectivity index (χ0) is 10.1. The van der Waals surface area contributed by atoms with Gasteiger partial charge in [0.25, 0.3) is 0 Å². The Balaban J connectivity index is 2.76. The molecule has 0 spiro atoms. The number of rotatable bonds is 2. The minimum absolute atomic E-state index is 0.122. The molecule has 1 aliphatic rings. The standard InChI is InChI=1S/C11H22O2/c1-9-4-10(2,3)6-11(5-9,7-12)8-13/h9,12-13H,4-8H2,1-3H3. The highest BCUT2D eigenvalue weighted by Gasteiger charge is 2.41. The normalized spacial score (nSPS) is 31.6. The van der Waals surface area contributed by atoms with E-state index in [2.05, 4.69) is 20.8 Å². The number of aliphatic hydroxyl groups is 2. The Bertz CT molecular complexity index is 171. The minimum Gasteiger partial charge on any atom is -0.396 e. The van der Waals surface area contributed by atoms with Gasteiger partial charge >= 0.3 is 0 Å². The van der Waals surface area contributed by atoms with E-state index >= 15 is 0 Å². The van der Waals surface area contributed by atoms with E-state index in [1.807, 2.05) is 0 Å². The van der Waals surface area contributed by atoms with Gasteiger partial charge in [-0.2, -0.15) is 0 Å². The summed E-state index contributed by atoms with van der Waals surface area (Å²) in [5, 5.41) is 18.7. The van der Waals surface area contributed by atoms with E-state index in [4.69, 9.17) is 0 Å². The SMILES string of the molecule is CC1CC(C)(C)CC(CO)(CO)C1. The van der Waals surface area contributed by atoms with Gasteiger partial charge in [0.15, 0.2) is 0 Å². The van der Waals surface area contributed by atoms with Crippen molar-refractivity contribution in [3.63, 3.8) is 0 Å². The Hall–Kier alpha value is -0.0800. The molecule has 1 aliphatic carbocycles. The lowest BCUT2D eigenvalue weighted by atomic mass is 9.61. The van der Waals surface area contributed by atoms with Crippen LogP contribution in [0, 0.1) is 16.7 Å². The fraction of sp³-hybridized carbons (Fsp3) is 1.00. The molecule has 0 aromatic heterocycles. The lowest BCUT2D eigenvalue weighted by Gasteiger charge is -2.46. The molecule has 0 bridgehead atoms. The summed E-state index contributed by atoms with van der Waals surface area (Å²) in [5.41, 5.74) is 0.0459. The maximum absolute atomic E-state index is 9.33. The molecule has 0 aromatic carbocycles. The van der Waals surface area contributed by atoms with Crippen molar-refractivity contribution in [3.05, 3.63) is 0 Å². The van der Waals surface area contributed by atoms with Crippen molar-refractivity contribution in [1.82, 2.24) is 0 Å². The van der Waals surface area contributed by atoms with Gasteiger partial charge in [-0.25, -0.2) is 0 Å². The predicted molar refractivity (Wildman–Crippen MR) is 53.4 cm³/mol. The van der Waals surface area contributed by atoms with Crippen molar-refractivity contribution in [2.45, 2.75) is 40.0 Å². The lowest BCUT2D eigenvalue weighted by Crippen LogP contribution is -2.41. The van der Waals surface area contributed by atoms with E-state index in [1.165, 1.54) is 6.42 Å². The summed E-state index contributed by atoms with van der Waals surface area (Å²) in [6.07, 6.45) is 3.11. The number of hydrogen-bond acceptors (Lipinski definition) is 2. The molecule has 2 N–H and O–H groups in total. The zero-order valence-corrected chi connectivity index (χ0v) is 9.01. The van der Waals surface area contributed by atoms with E-state index < -0.39 is 0 Å². The summed E-state index contributed by atoms with van der Waals surface area (Å²) in [7, 11) is 0. The first-order valence-corrected chi connectivity index (χ1v) is 5.15. The summed E-state index contributed by atoms with van der Waals surface area (Å²) in [5.74, 6) is 0.614. The summed E-state index contributed by atoms with van der Waals surface area (Å²) >= 11 is 0. The fourth-order valence-electron chi connectivity index (χ4n) is 3.21. The quantitative estimate of drug-likeness (QED) is 0.690. The molecule has 0 radical (unpaired) electrons. The van der Waals surface area contributed by atoms with Crippen LogP contribution in [0.1, 0.15) is 40.0 Å². The van der Waals surface area contributed by atoms with E-state index in [-0.39, 0.29) is 24.0 Å². The molecule has 1 saturated carbocycles. The molecule has 0 amide bonds. The molecule has 0 aromatic rings. The van der Waals surface area contributed by atoms with Crippen LogP contribution in [0.4, 0.5) is 0 Å². The monoisotopic (exact) mass is 186 g/mol. The Morgan fingerprint density at radius 1 is 1.15 bits per heavy atom. The molecule has 1 unspecified atom stereocenters. The summed E-state index contributed by atoms with van der Waals surface area (Å²) in [4.78, 5) is 0. The first-order chi connectivity index (χ1) is 5.93. The topological polar surface area (TPSA) is 40.5 Å². The summed E-state index contributed by atoms with van der Waals surface area (Å²) < 4.78 is 0. The Morgan fingerprint density at radius 3 is 2.08 bits per heavy atom. The van der Waals surface area contributed by atoms with E-state index in [1.54, 1.807) is 0 Å². The van der Waals surface area contributed by atoms with Crippen LogP contribution in [0.5, 0.6) is 0 Å². The first kappa shape index (κ1) is 11.0. The minimum atomic E-state index is -0.221. The van der Waals surface area contributed by atoms with Crippen LogP contribution in [-0.2, 0) is 0 Å². The van der Waals surface area contributed by atoms with Gasteiger partial charge in [0.05, 0.1) is 13.2 Å². The van der Waals surface area contributed by atoms with Crippen molar-refractivity contribution < 1.29 is 10.2 Å². The zero-order valence-electron chi connectivity index (χ0n) is 9.01. The molecule has 0 heterocycles. The summed E-state index contributed by atoms with van der Waals surface area (Å²) in [6, 6.07) is 0. The van der Waals surface area contributed by atoms with Crippen molar-refractivity contribution in [2.75, 3.05) is 13.2 Å². The average Bonchev–Trinajstić information content (AvgIpc) is 2.00. The van der Waals surface area contributed by atoms with Crippen molar-refractivity contribution in [1.29, 1.82) is 0 Å². The first-order valence-electron chi connectivity index (χ1n) is 5.15. The van der Waals surface area contributed by atoms with Gasteiger partial charge in [0.1, 0.15) is 0 Å². The van der Waals surface area contributed by atoms with Crippen LogP contribution in [0.2, 0.25) is 0 Å². The van der Waals surface area contributed by atoms with Crippen LogP contribution >= 0.6 is 0 Å². The largest absolute Gasteiger partial charge is 0.396 e. The van der Waals surface area contributed by atoms with Gasteiger partial charge in [-0.15, -0.1) is 0 Å². The van der Waals surface area contributed by atoms with E-state index in [9.17, 15) is 10.2 Å². The smallest absolute Gasteiger partial charge is 0.0509 e. The molecule has 13 heavy (non-hydrogen) atoms. The van der Waals surface area contributed by atoms with Crippen molar-refractivity contribution in [2.24, 2.45) is 16.7 Å². The third-order valence-electron chi connectivity index (χ3n) is 3.21. The summed E-state index contributed by atoms with van der Waals surface area (Å²) in [6.45, 7) is 6.90. The lowest BCUT2D eigenvalue weighted by molar-refractivity contribution is -0.0373. The fourth-order valence-corrected chi connectivity index (χ4v) is 3.21. The average molecular weight is 186 g/mol. The molecule has 1 rings (SSSR count). The van der Waals surface area contributed by atoms with Crippen LogP contribution < -0.4 is 0 Å². The molecule has 0 saturated heterocycles. The van der Waals surface area contributed by atoms with E-state index in [0.29, 0.717) is 5.92 Å². The molecular weight excluding hydrogens is 164 g/mol. The number of hydrogen-bond donors (Lipinski definition) is 2. The third-order valence-corrected chi connectivity index (χ3v) is 3.21. The van der Waals surface area contributed by atoms with Crippen molar-refractivity contribution in [3.8, 4) is 0 Å². The highest BCUT2D eigenvalue weighted by Crippen LogP contribution is 2.48. The highest BCUT2D eigenvalue weighted by atomic mass is 16.3. The molecular formula is C11H22O2. The van der Waals surface area contributed by atoms with Gasteiger partial charge in [-0.05, 0) is 30.6 Å². The molecule has 1 fully saturated rings. The van der Waals surface area contributed by atoms with Gasteiger partial charge in [0.2, 0.25) is 0 Å². The Morgan fingerprint density at radius 2 is 1.69 bits per heavy atom. The van der Waals surface area contributed by atoms with Crippen LogP contribution in [0.15, 0.2) is 0 Å². The second kappa shape index (κ2) is 3.58. The van der Waals surface area contributed by atoms with Gasteiger partial charge in [-0.1, -0.05) is 20.8 Å². The number of aliphatic hydroxyl groups excluding tert-OH is 2. The van der Waals surface area contributed by atoms with Crippen molar-refractivity contribution >= 4 is 0 Å². The molecule has 2 heteroatoms. The van der Waals surface area contributed by atoms with Gasteiger partial charge in [0, 0.05) is 5.41 Å². The van der Waals surface area contributed by atoms with Crippen LogP contribution in [-0.4, -0.2) is 23.4 Å². The Kier molecular flexibility index (Phi) is 3.03. The van der Waals surface area contributed by atoms with Gasteiger partial charge in [-0.3, -0.25) is 0 Å². The molecule has 2 nitrogen and oxygen atoms in total. The second-order valence-corrected chi connectivity index (χ2v) is 5.67. The maximum Gasteiger partial charge on any atom is 0.0509 e. The molecule has 1 atom stereocenters. The van der Waals surface area contributed by atoms with E-state index in [0.717, 1.165) is 12.8 Å². The second-order valence-electron chi connectivity index (χ2n) is 5.67. The molecule has 0 aliphatic heterocycles. The molecule has 78 valence electrons. The van der Waals surface area contributed by atoms with Gasteiger partial charge < -0.3 is 10.2 Å². The van der Waals surface area contributed by atoms with Crippen LogP contribution in [0.25, 0.3) is 0 Å². The highest BCUT2D eigenvalue weighted by molar-refractivity contribution is 4.92. The van der Waals surface area contributed by atoms with Crippen LogP contribution in [0.3, 0.4) is 0 Å². The third kappa shape index (κ3) is 2.44. The Labute approximate surface area is 81.0 Å².